The monoisotopic (exact) mass is 364 g/mol. The molecule has 3 aromatic rings. The second-order valence-electron chi connectivity index (χ2n) is 5.00. The van der Waals surface area contributed by atoms with Gasteiger partial charge in [0.15, 0.2) is 5.15 Å². The van der Waals surface area contributed by atoms with Gasteiger partial charge in [-0.1, -0.05) is 40.9 Å². The topological polar surface area (TPSA) is 51.6 Å². The number of halogens is 3. The minimum Gasteiger partial charge on any atom is -0.261 e. The van der Waals surface area contributed by atoms with Crippen LogP contribution in [-0.2, 0) is 0 Å². The van der Waals surface area contributed by atoms with Crippen LogP contribution in [0.25, 0.3) is 22.4 Å². The molecule has 3 aromatic heterocycles. The van der Waals surface area contributed by atoms with Crippen molar-refractivity contribution in [3.63, 3.8) is 0 Å². The zero-order chi connectivity index (χ0) is 16.6. The molecule has 0 unspecified atom stereocenters. The zero-order valence-corrected chi connectivity index (χ0v) is 14.6. The van der Waals surface area contributed by atoms with E-state index in [0.717, 1.165) is 16.8 Å². The molecular formula is C16H11Cl3N4. The third kappa shape index (κ3) is 3.15. The smallest absolute Gasteiger partial charge is 0.161 e. The maximum absolute atomic E-state index is 6.30. The second-order valence-corrected chi connectivity index (χ2v) is 6.20. The first-order chi connectivity index (χ1) is 11.0. The molecule has 0 aliphatic carbocycles. The number of aryl methyl sites for hydroxylation is 2. The molecule has 7 heteroatoms. The van der Waals surface area contributed by atoms with E-state index in [1.807, 2.05) is 26.0 Å². The lowest BCUT2D eigenvalue weighted by molar-refractivity contribution is 0.983. The maximum atomic E-state index is 6.30. The molecule has 4 nitrogen and oxygen atoms in total. The zero-order valence-electron chi connectivity index (χ0n) is 12.3. The molecule has 0 saturated carbocycles. The highest BCUT2D eigenvalue weighted by Gasteiger charge is 2.20. The lowest BCUT2D eigenvalue weighted by Crippen LogP contribution is -1.99. The summed E-state index contributed by atoms with van der Waals surface area (Å²) in [4.78, 5) is 8.65. The van der Waals surface area contributed by atoms with Gasteiger partial charge < -0.3 is 0 Å². The average molecular weight is 366 g/mol. The van der Waals surface area contributed by atoms with Crippen LogP contribution in [0.2, 0.25) is 15.2 Å². The standard InChI is InChI=1S/C16H11Cl3N4/c1-8-3-4-10(6-20-8)13-9(2)22-23-16(19)14(13)15-12(18)5-11(17)7-21-15/h3-7H,1-2H3. The van der Waals surface area contributed by atoms with E-state index in [9.17, 15) is 0 Å². The van der Waals surface area contributed by atoms with Crippen LogP contribution in [0.1, 0.15) is 11.4 Å². The van der Waals surface area contributed by atoms with Crippen molar-refractivity contribution in [2.24, 2.45) is 0 Å². The Morgan fingerprint density at radius 2 is 1.65 bits per heavy atom. The number of nitrogens with zero attached hydrogens (tertiary/aromatic N) is 4. The Morgan fingerprint density at radius 3 is 2.30 bits per heavy atom. The lowest BCUT2D eigenvalue weighted by Gasteiger charge is -2.13. The normalized spacial score (nSPS) is 10.8. The number of rotatable bonds is 2. The molecule has 0 aromatic carbocycles. The fraction of sp³-hybridized carbons (Fsp3) is 0.125. The van der Waals surface area contributed by atoms with Gasteiger partial charge in [0.05, 0.1) is 27.0 Å². The molecule has 0 amide bonds. The number of hydrogen-bond donors (Lipinski definition) is 0. The molecule has 0 fully saturated rings. The van der Waals surface area contributed by atoms with Gasteiger partial charge in [0.2, 0.25) is 0 Å². The average Bonchev–Trinajstić information content (AvgIpc) is 2.51. The summed E-state index contributed by atoms with van der Waals surface area (Å²) in [6.45, 7) is 3.78. The van der Waals surface area contributed by atoms with Gasteiger partial charge in [0.1, 0.15) is 0 Å². The van der Waals surface area contributed by atoms with Crippen molar-refractivity contribution in [3.8, 4) is 22.4 Å². The molecule has 0 spiro atoms. The summed E-state index contributed by atoms with van der Waals surface area (Å²) in [7, 11) is 0. The van der Waals surface area contributed by atoms with Gasteiger partial charge in [0.25, 0.3) is 0 Å². The van der Waals surface area contributed by atoms with Crippen molar-refractivity contribution in [2.45, 2.75) is 13.8 Å². The first-order valence-electron chi connectivity index (χ1n) is 6.74. The predicted molar refractivity (Wildman–Crippen MR) is 93.0 cm³/mol. The van der Waals surface area contributed by atoms with E-state index in [2.05, 4.69) is 20.2 Å². The first kappa shape index (κ1) is 16.1. The fourth-order valence-electron chi connectivity index (χ4n) is 2.29. The Morgan fingerprint density at radius 1 is 0.870 bits per heavy atom. The summed E-state index contributed by atoms with van der Waals surface area (Å²) in [6, 6.07) is 5.49. The van der Waals surface area contributed by atoms with Crippen molar-refractivity contribution >= 4 is 34.8 Å². The van der Waals surface area contributed by atoms with Gasteiger partial charge in [-0.15, -0.1) is 5.10 Å². The van der Waals surface area contributed by atoms with E-state index in [0.29, 0.717) is 27.0 Å². The highest BCUT2D eigenvalue weighted by Crippen LogP contribution is 2.39. The van der Waals surface area contributed by atoms with Gasteiger partial charge in [-0.3, -0.25) is 9.97 Å². The number of aromatic nitrogens is 4. The van der Waals surface area contributed by atoms with Crippen molar-refractivity contribution in [1.82, 2.24) is 20.2 Å². The van der Waals surface area contributed by atoms with Crippen LogP contribution < -0.4 is 0 Å². The Labute approximate surface area is 148 Å². The molecule has 3 heterocycles. The molecule has 23 heavy (non-hydrogen) atoms. The Balaban J connectivity index is 2.32. The summed E-state index contributed by atoms with van der Waals surface area (Å²) in [5.74, 6) is 0. The lowest BCUT2D eigenvalue weighted by atomic mass is 9.98. The van der Waals surface area contributed by atoms with Crippen molar-refractivity contribution in [1.29, 1.82) is 0 Å². The Hall–Kier alpha value is -1.75. The van der Waals surface area contributed by atoms with Crippen LogP contribution in [0, 0.1) is 13.8 Å². The highest BCUT2D eigenvalue weighted by molar-refractivity contribution is 6.37. The molecule has 116 valence electrons. The van der Waals surface area contributed by atoms with Gasteiger partial charge in [0, 0.05) is 29.2 Å². The molecule has 0 saturated heterocycles. The SMILES string of the molecule is Cc1ccc(-c2c(C)nnc(Cl)c2-c2ncc(Cl)cc2Cl)cn1. The van der Waals surface area contributed by atoms with Crippen LogP contribution >= 0.6 is 34.8 Å². The molecule has 0 aliphatic heterocycles. The molecule has 0 radical (unpaired) electrons. The van der Waals surface area contributed by atoms with Crippen LogP contribution in [0.5, 0.6) is 0 Å². The minimum absolute atomic E-state index is 0.225. The Bertz CT molecular complexity index is 879. The van der Waals surface area contributed by atoms with Gasteiger partial charge in [-0.2, -0.15) is 5.10 Å². The predicted octanol–water partition coefficient (Wildman–Crippen LogP) is 5.18. The summed E-state index contributed by atoms with van der Waals surface area (Å²) < 4.78 is 0. The Kier molecular flexibility index (Phi) is 4.48. The van der Waals surface area contributed by atoms with E-state index in [1.165, 1.54) is 6.20 Å². The van der Waals surface area contributed by atoms with Gasteiger partial charge in [-0.25, -0.2) is 0 Å². The van der Waals surface area contributed by atoms with Gasteiger partial charge >= 0.3 is 0 Å². The fourth-order valence-corrected chi connectivity index (χ4v) is 2.98. The summed E-state index contributed by atoms with van der Waals surface area (Å²) in [6.07, 6.45) is 3.29. The van der Waals surface area contributed by atoms with Crippen LogP contribution in [-0.4, -0.2) is 20.2 Å². The largest absolute Gasteiger partial charge is 0.261 e. The quantitative estimate of drug-likeness (QED) is 0.628. The van der Waals surface area contributed by atoms with E-state index in [-0.39, 0.29) is 5.15 Å². The maximum Gasteiger partial charge on any atom is 0.161 e. The number of pyridine rings is 2. The van der Waals surface area contributed by atoms with Gasteiger partial charge in [-0.05, 0) is 26.0 Å². The van der Waals surface area contributed by atoms with Crippen LogP contribution in [0.15, 0.2) is 30.6 Å². The second kappa shape index (κ2) is 6.40. The summed E-state index contributed by atoms with van der Waals surface area (Å²) in [5.41, 5.74) is 4.43. The summed E-state index contributed by atoms with van der Waals surface area (Å²) in [5, 5.41) is 9.16. The first-order valence-corrected chi connectivity index (χ1v) is 7.88. The van der Waals surface area contributed by atoms with E-state index in [1.54, 1.807) is 12.3 Å². The molecule has 0 atom stereocenters. The van der Waals surface area contributed by atoms with E-state index in [4.69, 9.17) is 34.8 Å². The van der Waals surface area contributed by atoms with Crippen LogP contribution in [0.3, 0.4) is 0 Å². The van der Waals surface area contributed by atoms with Crippen molar-refractivity contribution < 1.29 is 0 Å². The van der Waals surface area contributed by atoms with E-state index >= 15 is 0 Å². The highest BCUT2D eigenvalue weighted by atomic mass is 35.5. The van der Waals surface area contributed by atoms with E-state index < -0.39 is 0 Å². The van der Waals surface area contributed by atoms with Crippen LogP contribution in [0.4, 0.5) is 0 Å². The van der Waals surface area contributed by atoms with Crippen molar-refractivity contribution in [3.05, 3.63) is 57.2 Å². The molecule has 0 bridgehead atoms. The molecule has 3 rings (SSSR count). The van der Waals surface area contributed by atoms with Crippen molar-refractivity contribution in [2.75, 3.05) is 0 Å². The number of hydrogen-bond acceptors (Lipinski definition) is 4. The third-order valence-corrected chi connectivity index (χ3v) is 4.11. The molecule has 0 N–H and O–H groups in total. The molecule has 0 aliphatic rings. The molecular weight excluding hydrogens is 355 g/mol. The third-order valence-electron chi connectivity index (χ3n) is 3.35. The summed E-state index contributed by atoms with van der Waals surface area (Å²) >= 11 is 18.5. The minimum atomic E-state index is 0.225.